The number of amides is 2. The predicted octanol–water partition coefficient (Wildman–Crippen LogP) is 4.11. The van der Waals surface area contributed by atoms with E-state index >= 15 is 0 Å². The van der Waals surface area contributed by atoms with Crippen LogP contribution in [0.4, 0.5) is 4.79 Å². The second-order valence-corrected chi connectivity index (χ2v) is 10.2. The van der Waals surface area contributed by atoms with Gasteiger partial charge in [-0.3, -0.25) is 4.79 Å². The molecule has 1 aliphatic carbocycles. The number of nitrogens with one attached hydrogen (secondary N) is 2. The fourth-order valence-electron chi connectivity index (χ4n) is 5.03. The maximum Gasteiger partial charge on any atom is 0.407 e. The smallest absolute Gasteiger partial charge is 0.407 e. The van der Waals surface area contributed by atoms with Gasteiger partial charge < -0.3 is 25.6 Å². The standard InChI is InChI=1S/C31H34N2O6/c1-19(2)16-27(30(36)37)32-29(35)28(34)26(17-20-10-4-3-5-11-20)33-31(38)39-18-25-23-14-8-6-12-21(23)22-13-7-9-15-24(22)25/h3-15,19,25-28,34H,16-18H2,1-2H3,(H,32,35)(H,33,38)(H,36,37). The lowest BCUT2D eigenvalue weighted by Crippen LogP contribution is -2.54. The summed E-state index contributed by atoms with van der Waals surface area (Å²) in [5.74, 6) is -2.19. The molecule has 0 spiro atoms. The summed E-state index contributed by atoms with van der Waals surface area (Å²) in [5, 5.41) is 25.5. The highest BCUT2D eigenvalue weighted by atomic mass is 16.5. The molecule has 0 saturated carbocycles. The zero-order valence-electron chi connectivity index (χ0n) is 22.0. The van der Waals surface area contributed by atoms with Gasteiger partial charge >= 0.3 is 12.1 Å². The van der Waals surface area contributed by atoms with Crippen LogP contribution in [-0.4, -0.2) is 53.0 Å². The average Bonchev–Trinajstić information content (AvgIpc) is 3.24. The lowest BCUT2D eigenvalue weighted by atomic mass is 9.98. The molecular weight excluding hydrogens is 496 g/mol. The summed E-state index contributed by atoms with van der Waals surface area (Å²) < 4.78 is 5.62. The minimum Gasteiger partial charge on any atom is -0.480 e. The minimum absolute atomic E-state index is 0.0163. The molecule has 3 unspecified atom stereocenters. The van der Waals surface area contributed by atoms with Crippen molar-refractivity contribution in [1.29, 1.82) is 0 Å². The number of carboxylic acids is 1. The first-order chi connectivity index (χ1) is 18.7. The van der Waals surface area contributed by atoms with Gasteiger partial charge in [-0.25, -0.2) is 9.59 Å². The number of hydrogen-bond donors (Lipinski definition) is 4. The van der Waals surface area contributed by atoms with E-state index in [9.17, 15) is 24.6 Å². The third kappa shape index (κ3) is 6.83. The molecule has 4 N–H and O–H groups in total. The lowest BCUT2D eigenvalue weighted by Gasteiger charge is -2.26. The first kappa shape index (κ1) is 27.9. The molecule has 1 aliphatic rings. The number of fused-ring (bicyclic) bond motifs is 3. The van der Waals surface area contributed by atoms with Crippen molar-refractivity contribution < 1.29 is 29.3 Å². The third-order valence-corrected chi connectivity index (χ3v) is 6.92. The number of alkyl carbamates (subject to hydrolysis) is 1. The number of aliphatic carboxylic acids is 1. The van der Waals surface area contributed by atoms with Crippen LogP contribution in [0.1, 0.15) is 42.9 Å². The van der Waals surface area contributed by atoms with Crippen LogP contribution >= 0.6 is 0 Å². The molecule has 3 aromatic carbocycles. The summed E-state index contributed by atoms with van der Waals surface area (Å²) in [4.78, 5) is 37.5. The lowest BCUT2D eigenvalue weighted by molar-refractivity contribution is -0.144. The molecule has 0 saturated heterocycles. The monoisotopic (exact) mass is 530 g/mol. The quantitative estimate of drug-likeness (QED) is 0.296. The summed E-state index contributed by atoms with van der Waals surface area (Å²) in [6.45, 7) is 3.76. The molecule has 39 heavy (non-hydrogen) atoms. The van der Waals surface area contributed by atoms with Gasteiger partial charge in [0.05, 0.1) is 6.04 Å². The molecule has 2 amide bonds. The number of ether oxygens (including phenoxy) is 1. The largest absolute Gasteiger partial charge is 0.480 e. The number of aliphatic hydroxyl groups excluding tert-OH is 1. The molecule has 8 heteroatoms. The van der Waals surface area contributed by atoms with Gasteiger partial charge in [-0.1, -0.05) is 92.7 Å². The van der Waals surface area contributed by atoms with Crippen molar-refractivity contribution >= 4 is 18.0 Å². The van der Waals surface area contributed by atoms with Gasteiger partial charge in [0.2, 0.25) is 0 Å². The zero-order chi connectivity index (χ0) is 27.9. The van der Waals surface area contributed by atoms with Gasteiger partial charge in [-0.2, -0.15) is 0 Å². The molecule has 0 radical (unpaired) electrons. The van der Waals surface area contributed by atoms with Crippen LogP contribution in [-0.2, 0) is 20.7 Å². The Kier molecular flexibility index (Phi) is 8.99. The van der Waals surface area contributed by atoms with Gasteiger partial charge in [-0.15, -0.1) is 0 Å². The molecule has 3 atom stereocenters. The Hall–Kier alpha value is -4.17. The van der Waals surface area contributed by atoms with Crippen LogP contribution < -0.4 is 10.6 Å². The first-order valence-electron chi connectivity index (χ1n) is 13.1. The molecule has 3 aromatic rings. The van der Waals surface area contributed by atoms with Gasteiger partial charge in [0.1, 0.15) is 12.6 Å². The van der Waals surface area contributed by atoms with E-state index in [2.05, 4.69) is 10.6 Å². The second kappa shape index (κ2) is 12.6. The molecule has 204 valence electrons. The van der Waals surface area contributed by atoms with E-state index in [1.165, 1.54) is 0 Å². The minimum atomic E-state index is -1.69. The summed E-state index contributed by atoms with van der Waals surface area (Å²) in [5.41, 5.74) is 5.12. The zero-order valence-corrected chi connectivity index (χ0v) is 22.0. The number of rotatable bonds is 11. The molecule has 0 aromatic heterocycles. The summed E-state index contributed by atoms with van der Waals surface area (Å²) in [6, 6.07) is 22.9. The number of carbonyl (C=O) groups is 3. The number of aliphatic hydroxyl groups is 1. The number of carboxylic acid groups (broad SMARTS) is 1. The van der Waals surface area contributed by atoms with Gasteiger partial charge in [0.25, 0.3) is 5.91 Å². The Morgan fingerprint density at radius 2 is 1.41 bits per heavy atom. The van der Waals surface area contributed by atoms with E-state index < -0.39 is 36.2 Å². The van der Waals surface area contributed by atoms with Crippen molar-refractivity contribution in [3.8, 4) is 11.1 Å². The molecule has 0 fully saturated rings. The van der Waals surface area contributed by atoms with Crippen molar-refractivity contribution in [2.24, 2.45) is 5.92 Å². The van der Waals surface area contributed by atoms with Crippen molar-refractivity contribution in [3.05, 3.63) is 95.6 Å². The maximum absolute atomic E-state index is 13.0. The predicted molar refractivity (Wildman–Crippen MR) is 147 cm³/mol. The summed E-state index contributed by atoms with van der Waals surface area (Å²) in [7, 11) is 0. The Morgan fingerprint density at radius 3 is 1.97 bits per heavy atom. The Bertz CT molecular complexity index is 1260. The van der Waals surface area contributed by atoms with E-state index in [0.717, 1.165) is 27.8 Å². The molecule has 8 nitrogen and oxygen atoms in total. The van der Waals surface area contributed by atoms with Crippen LogP contribution in [0.3, 0.4) is 0 Å². The normalized spacial score (nSPS) is 14.6. The highest BCUT2D eigenvalue weighted by Gasteiger charge is 2.33. The molecule has 0 bridgehead atoms. The van der Waals surface area contributed by atoms with E-state index in [0.29, 0.717) is 0 Å². The van der Waals surface area contributed by atoms with Gasteiger partial charge in [0.15, 0.2) is 6.10 Å². The number of carbonyl (C=O) groups excluding carboxylic acids is 2. The van der Waals surface area contributed by atoms with E-state index in [1.807, 2.05) is 92.7 Å². The van der Waals surface area contributed by atoms with Crippen LogP contribution in [0.15, 0.2) is 78.9 Å². The first-order valence-corrected chi connectivity index (χ1v) is 13.1. The molecule has 4 rings (SSSR count). The van der Waals surface area contributed by atoms with E-state index in [1.54, 1.807) is 0 Å². The SMILES string of the molecule is CC(C)CC(NC(=O)C(O)C(Cc1ccccc1)NC(=O)OCC1c2ccccc2-c2ccccc21)C(=O)O. The third-order valence-electron chi connectivity index (χ3n) is 6.92. The van der Waals surface area contributed by atoms with Crippen LogP contribution in [0, 0.1) is 5.92 Å². The maximum atomic E-state index is 13.0. The Labute approximate surface area is 228 Å². The van der Waals surface area contributed by atoms with Gasteiger partial charge in [0, 0.05) is 5.92 Å². The summed E-state index contributed by atoms with van der Waals surface area (Å²) in [6.07, 6.45) is -2.13. The molecule has 0 aliphatic heterocycles. The number of benzene rings is 3. The van der Waals surface area contributed by atoms with Crippen LogP contribution in [0.25, 0.3) is 11.1 Å². The number of hydrogen-bond acceptors (Lipinski definition) is 5. The van der Waals surface area contributed by atoms with E-state index in [-0.39, 0.29) is 31.3 Å². The molecule has 0 heterocycles. The van der Waals surface area contributed by atoms with Crippen molar-refractivity contribution in [2.75, 3.05) is 6.61 Å². The van der Waals surface area contributed by atoms with Gasteiger partial charge in [-0.05, 0) is 46.6 Å². The van der Waals surface area contributed by atoms with Crippen LogP contribution in [0.2, 0.25) is 0 Å². The molecular formula is C31H34N2O6. The fourth-order valence-corrected chi connectivity index (χ4v) is 5.03. The van der Waals surface area contributed by atoms with Crippen molar-refractivity contribution in [2.45, 2.75) is 50.8 Å². The Balaban J connectivity index is 1.46. The highest BCUT2D eigenvalue weighted by molar-refractivity contribution is 5.87. The Morgan fingerprint density at radius 1 is 0.846 bits per heavy atom. The van der Waals surface area contributed by atoms with Crippen LogP contribution in [0.5, 0.6) is 0 Å². The van der Waals surface area contributed by atoms with Crippen molar-refractivity contribution in [3.63, 3.8) is 0 Å². The van der Waals surface area contributed by atoms with Crippen molar-refractivity contribution in [1.82, 2.24) is 10.6 Å². The van der Waals surface area contributed by atoms with E-state index in [4.69, 9.17) is 4.74 Å². The fraction of sp³-hybridized carbons (Fsp3) is 0.323. The average molecular weight is 531 g/mol. The second-order valence-electron chi connectivity index (χ2n) is 10.2. The highest BCUT2D eigenvalue weighted by Crippen LogP contribution is 2.44. The summed E-state index contributed by atoms with van der Waals surface area (Å²) >= 11 is 0. The topological polar surface area (TPSA) is 125 Å².